The van der Waals surface area contributed by atoms with Gasteiger partial charge in [0.05, 0.1) is 12.8 Å². The zero-order valence-corrected chi connectivity index (χ0v) is 8.87. The molecule has 1 aromatic heterocycles. The summed E-state index contributed by atoms with van der Waals surface area (Å²) in [7, 11) is 1.50. The number of methoxy groups -OCH3 is 1. The number of aryl methyl sites for hydroxylation is 1. The molecule has 1 rings (SSSR count). The van der Waals surface area contributed by atoms with Crippen LogP contribution >= 0.6 is 0 Å². The molecular formula is C9H15N3O2. The molecule has 0 aliphatic heterocycles. The Labute approximate surface area is 83.5 Å². The summed E-state index contributed by atoms with van der Waals surface area (Å²) in [5.74, 6) is 0.879. The van der Waals surface area contributed by atoms with Crippen molar-refractivity contribution in [1.29, 1.82) is 0 Å². The van der Waals surface area contributed by atoms with E-state index in [0.29, 0.717) is 23.7 Å². The van der Waals surface area contributed by atoms with E-state index in [0.717, 1.165) is 0 Å². The van der Waals surface area contributed by atoms with E-state index >= 15 is 0 Å². The van der Waals surface area contributed by atoms with Gasteiger partial charge in [0, 0.05) is 0 Å². The Morgan fingerprint density at radius 2 is 2.07 bits per heavy atom. The number of carbonyl (C=O) groups excluding carboxylic acids is 1. The van der Waals surface area contributed by atoms with Crippen molar-refractivity contribution in [1.82, 2.24) is 9.97 Å². The lowest BCUT2D eigenvalue weighted by Gasteiger charge is -2.06. The first kappa shape index (κ1) is 12.3. The van der Waals surface area contributed by atoms with E-state index in [1.165, 1.54) is 13.4 Å². The van der Waals surface area contributed by atoms with Crippen LogP contribution in [0, 0.1) is 6.92 Å². The SMILES string of the molecule is CC.COc1c(C)ncnc1NC=O. The maximum Gasteiger partial charge on any atom is 0.212 e. The highest BCUT2D eigenvalue weighted by atomic mass is 16.5. The van der Waals surface area contributed by atoms with E-state index in [2.05, 4.69) is 15.3 Å². The normalized spacial score (nSPS) is 8.29. The predicted molar refractivity (Wildman–Crippen MR) is 54.4 cm³/mol. The van der Waals surface area contributed by atoms with Gasteiger partial charge in [0.25, 0.3) is 0 Å². The molecule has 5 nitrogen and oxygen atoms in total. The molecule has 1 amide bonds. The molecule has 1 aromatic rings. The first-order chi connectivity index (χ1) is 6.79. The molecular weight excluding hydrogens is 182 g/mol. The average Bonchev–Trinajstić information content (AvgIpc) is 2.22. The molecule has 0 aromatic carbocycles. The Bertz CT molecular complexity index is 289. The summed E-state index contributed by atoms with van der Waals surface area (Å²) in [5, 5.41) is 2.41. The van der Waals surface area contributed by atoms with Gasteiger partial charge in [-0.15, -0.1) is 0 Å². The van der Waals surface area contributed by atoms with E-state index < -0.39 is 0 Å². The van der Waals surface area contributed by atoms with Gasteiger partial charge in [-0.1, -0.05) is 13.8 Å². The van der Waals surface area contributed by atoms with Crippen molar-refractivity contribution in [2.45, 2.75) is 20.8 Å². The molecule has 0 unspecified atom stereocenters. The largest absolute Gasteiger partial charge is 0.491 e. The summed E-state index contributed by atoms with van der Waals surface area (Å²) >= 11 is 0. The van der Waals surface area contributed by atoms with Crippen molar-refractivity contribution in [2.75, 3.05) is 12.4 Å². The average molecular weight is 197 g/mol. The molecule has 0 aliphatic rings. The standard InChI is InChI=1S/C7H9N3O2.C2H6/c1-5-6(12-2)7(10-4-11)9-3-8-5;1-2/h3-4H,1-2H3,(H,8,9,10,11);1-2H3. The second kappa shape index (κ2) is 6.82. The van der Waals surface area contributed by atoms with Crippen LogP contribution in [-0.4, -0.2) is 23.5 Å². The fourth-order valence-electron chi connectivity index (χ4n) is 0.865. The summed E-state index contributed by atoms with van der Waals surface area (Å²) in [6, 6.07) is 0. The van der Waals surface area contributed by atoms with Crippen molar-refractivity contribution in [3.05, 3.63) is 12.0 Å². The smallest absolute Gasteiger partial charge is 0.212 e. The second-order valence-electron chi connectivity index (χ2n) is 2.10. The van der Waals surface area contributed by atoms with Crippen LogP contribution in [0.25, 0.3) is 0 Å². The first-order valence-corrected chi connectivity index (χ1v) is 4.35. The van der Waals surface area contributed by atoms with Gasteiger partial charge in [-0.25, -0.2) is 9.97 Å². The molecule has 0 radical (unpaired) electrons. The lowest BCUT2D eigenvalue weighted by molar-refractivity contribution is -0.105. The topological polar surface area (TPSA) is 64.1 Å². The quantitative estimate of drug-likeness (QED) is 0.744. The van der Waals surface area contributed by atoms with Gasteiger partial charge < -0.3 is 10.1 Å². The molecule has 0 fully saturated rings. The van der Waals surface area contributed by atoms with E-state index in [4.69, 9.17) is 4.74 Å². The highest BCUT2D eigenvalue weighted by Crippen LogP contribution is 2.22. The molecule has 0 saturated heterocycles. The van der Waals surface area contributed by atoms with Gasteiger partial charge in [-0.05, 0) is 6.92 Å². The van der Waals surface area contributed by atoms with E-state index in [9.17, 15) is 4.79 Å². The van der Waals surface area contributed by atoms with Gasteiger partial charge in [0.2, 0.25) is 6.41 Å². The number of amides is 1. The van der Waals surface area contributed by atoms with Crippen LogP contribution in [0.2, 0.25) is 0 Å². The van der Waals surface area contributed by atoms with Crippen LogP contribution in [0.15, 0.2) is 6.33 Å². The fraction of sp³-hybridized carbons (Fsp3) is 0.444. The Balaban J connectivity index is 0.000000791. The highest BCUT2D eigenvalue weighted by molar-refractivity contribution is 5.72. The molecule has 0 bridgehead atoms. The van der Waals surface area contributed by atoms with Crippen molar-refractivity contribution < 1.29 is 9.53 Å². The van der Waals surface area contributed by atoms with Gasteiger partial charge in [-0.2, -0.15) is 0 Å². The number of nitrogens with one attached hydrogen (secondary N) is 1. The minimum absolute atomic E-state index is 0.389. The van der Waals surface area contributed by atoms with Crippen LogP contribution in [0.3, 0.4) is 0 Å². The number of ether oxygens (including phenoxy) is 1. The summed E-state index contributed by atoms with van der Waals surface area (Å²) < 4.78 is 4.98. The van der Waals surface area contributed by atoms with Gasteiger partial charge in [0.1, 0.15) is 6.33 Å². The first-order valence-electron chi connectivity index (χ1n) is 4.35. The third kappa shape index (κ3) is 3.01. The van der Waals surface area contributed by atoms with Gasteiger partial charge >= 0.3 is 0 Å². The van der Waals surface area contributed by atoms with Crippen molar-refractivity contribution in [3.8, 4) is 5.75 Å². The summed E-state index contributed by atoms with van der Waals surface area (Å²) in [5.41, 5.74) is 0.692. The number of hydrogen-bond donors (Lipinski definition) is 1. The molecule has 0 atom stereocenters. The van der Waals surface area contributed by atoms with Crippen molar-refractivity contribution in [2.24, 2.45) is 0 Å². The second-order valence-corrected chi connectivity index (χ2v) is 2.10. The Hall–Kier alpha value is -1.65. The molecule has 0 spiro atoms. The van der Waals surface area contributed by atoms with Crippen LogP contribution in [0.5, 0.6) is 5.75 Å². The van der Waals surface area contributed by atoms with E-state index in [1.54, 1.807) is 6.92 Å². The van der Waals surface area contributed by atoms with Crippen LogP contribution in [0.1, 0.15) is 19.5 Å². The fourth-order valence-corrected chi connectivity index (χ4v) is 0.865. The molecule has 1 heterocycles. The minimum atomic E-state index is 0.389. The number of aromatic nitrogens is 2. The summed E-state index contributed by atoms with van der Waals surface area (Å²) in [6.45, 7) is 5.77. The Morgan fingerprint density at radius 3 is 2.57 bits per heavy atom. The number of nitrogens with zero attached hydrogens (tertiary/aromatic N) is 2. The maximum atomic E-state index is 10.1. The number of anilines is 1. The lowest BCUT2D eigenvalue weighted by atomic mass is 10.4. The van der Waals surface area contributed by atoms with Crippen LogP contribution < -0.4 is 10.1 Å². The zero-order chi connectivity index (χ0) is 11.0. The zero-order valence-electron chi connectivity index (χ0n) is 8.87. The Kier molecular flexibility index (Phi) is 6.02. The maximum absolute atomic E-state index is 10.1. The molecule has 0 aliphatic carbocycles. The van der Waals surface area contributed by atoms with Gasteiger partial charge in [0.15, 0.2) is 11.6 Å². The lowest BCUT2D eigenvalue weighted by Crippen LogP contribution is -2.02. The van der Waals surface area contributed by atoms with Gasteiger partial charge in [-0.3, -0.25) is 4.79 Å². The van der Waals surface area contributed by atoms with Crippen LogP contribution in [-0.2, 0) is 4.79 Å². The third-order valence-corrected chi connectivity index (χ3v) is 1.38. The van der Waals surface area contributed by atoms with E-state index in [-0.39, 0.29) is 0 Å². The van der Waals surface area contributed by atoms with Crippen molar-refractivity contribution in [3.63, 3.8) is 0 Å². The van der Waals surface area contributed by atoms with Crippen LogP contribution in [0.4, 0.5) is 5.82 Å². The highest BCUT2D eigenvalue weighted by Gasteiger charge is 2.06. The number of rotatable bonds is 3. The summed E-state index contributed by atoms with van der Waals surface area (Å²) in [4.78, 5) is 17.8. The summed E-state index contributed by atoms with van der Waals surface area (Å²) in [6.07, 6.45) is 1.91. The molecule has 5 heteroatoms. The minimum Gasteiger partial charge on any atom is -0.491 e. The Morgan fingerprint density at radius 1 is 1.43 bits per heavy atom. The molecule has 1 N–H and O–H groups in total. The van der Waals surface area contributed by atoms with Crippen molar-refractivity contribution >= 4 is 12.2 Å². The predicted octanol–water partition coefficient (Wildman–Crippen LogP) is 1.39. The molecule has 14 heavy (non-hydrogen) atoms. The molecule has 78 valence electrons. The van der Waals surface area contributed by atoms with E-state index in [1.807, 2.05) is 13.8 Å². The number of carbonyl (C=O) groups is 1. The third-order valence-electron chi connectivity index (χ3n) is 1.38. The molecule has 0 saturated carbocycles. The number of hydrogen-bond acceptors (Lipinski definition) is 4. The monoisotopic (exact) mass is 197 g/mol.